The summed E-state index contributed by atoms with van der Waals surface area (Å²) in [5, 5.41) is 4.09. The lowest BCUT2D eigenvalue weighted by atomic mass is 9.94. The van der Waals surface area contributed by atoms with Crippen LogP contribution in [-0.4, -0.2) is 17.5 Å². The number of rotatable bonds is 4. The maximum atomic E-state index is 11.6. The molecule has 0 saturated heterocycles. The third kappa shape index (κ3) is 4.48. The monoisotopic (exact) mass is 288 g/mol. The number of benzene rings is 1. The number of nitrogens with two attached hydrogens (primary N) is 1. The maximum absolute atomic E-state index is 11.6. The zero-order valence-corrected chi connectivity index (χ0v) is 12.3. The van der Waals surface area contributed by atoms with Crippen LogP contribution in [-0.2, 0) is 11.2 Å². The van der Waals surface area contributed by atoms with Crippen LogP contribution in [0.25, 0.3) is 0 Å². The normalized spacial score (nSPS) is 13.2. The van der Waals surface area contributed by atoms with Crippen LogP contribution in [0.15, 0.2) is 18.2 Å². The van der Waals surface area contributed by atoms with Crippen LogP contribution >= 0.6 is 23.2 Å². The predicted molar refractivity (Wildman–Crippen MR) is 76.0 cm³/mol. The van der Waals surface area contributed by atoms with E-state index in [1.165, 1.54) is 0 Å². The minimum atomic E-state index is -0.523. The maximum Gasteiger partial charge on any atom is 0.237 e. The summed E-state index contributed by atoms with van der Waals surface area (Å²) in [4.78, 5) is 11.6. The largest absolute Gasteiger partial charge is 0.350 e. The lowest BCUT2D eigenvalue weighted by Gasteiger charge is -2.28. The molecule has 0 radical (unpaired) electrons. The minimum absolute atomic E-state index is 0.176. The number of nitrogens with one attached hydrogen (secondary N) is 1. The Morgan fingerprint density at radius 2 is 2.06 bits per heavy atom. The molecular formula is C13H18Cl2N2O. The molecule has 0 aromatic heterocycles. The van der Waals surface area contributed by atoms with Gasteiger partial charge in [-0.1, -0.05) is 29.3 Å². The van der Waals surface area contributed by atoms with Crippen molar-refractivity contribution in [2.24, 2.45) is 5.73 Å². The summed E-state index contributed by atoms with van der Waals surface area (Å²) in [7, 11) is 0. The molecule has 3 N–H and O–H groups in total. The second kappa shape index (κ2) is 5.91. The highest BCUT2D eigenvalue weighted by atomic mass is 35.5. The van der Waals surface area contributed by atoms with Gasteiger partial charge in [0.2, 0.25) is 5.91 Å². The molecule has 0 spiro atoms. The molecule has 18 heavy (non-hydrogen) atoms. The molecule has 0 fully saturated rings. The summed E-state index contributed by atoms with van der Waals surface area (Å²) in [5.41, 5.74) is 6.06. The van der Waals surface area contributed by atoms with Gasteiger partial charge in [0.1, 0.15) is 0 Å². The van der Waals surface area contributed by atoms with Crippen LogP contribution in [0.2, 0.25) is 10.0 Å². The highest BCUT2D eigenvalue weighted by molar-refractivity contribution is 6.35. The fourth-order valence-corrected chi connectivity index (χ4v) is 2.11. The second-order valence-corrected chi connectivity index (χ2v) is 5.92. The van der Waals surface area contributed by atoms with Gasteiger partial charge in [-0.3, -0.25) is 4.79 Å². The third-order valence-electron chi connectivity index (χ3n) is 2.52. The molecule has 1 aromatic carbocycles. The zero-order valence-electron chi connectivity index (χ0n) is 10.8. The molecule has 1 amide bonds. The molecule has 5 heteroatoms. The van der Waals surface area contributed by atoms with Crippen molar-refractivity contribution in [1.29, 1.82) is 0 Å². The van der Waals surface area contributed by atoms with E-state index in [9.17, 15) is 4.79 Å². The number of hydrogen-bond donors (Lipinski definition) is 2. The van der Waals surface area contributed by atoms with Crippen LogP contribution in [0.1, 0.15) is 26.3 Å². The van der Waals surface area contributed by atoms with Crippen LogP contribution < -0.4 is 11.1 Å². The van der Waals surface area contributed by atoms with E-state index in [1.807, 2.05) is 19.9 Å². The highest BCUT2D eigenvalue weighted by Gasteiger charge is 2.23. The first-order valence-corrected chi connectivity index (χ1v) is 6.48. The molecule has 0 aliphatic heterocycles. The summed E-state index contributed by atoms with van der Waals surface area (Å²) in [6.45, 7) is 5.51. The second-order valence-electron chi connectivity index (χ2n) is 5.07. The first-order valence-electron chi connectivity index (χ1n) is 5.73. The van der Waals surface area contributed by atoms with Crippen molar-refractivity contribution in [3.8, 4) is 0 Å². The summed E-state index contributed by atoms with van der Waals surface area (Å²) < 4.78 is 0. The average molecular weight is 289 g/mol. The van der Waals surface area contributed by atoms with Crippen LogP contribution in [0.4, 0.5) is 0 Å². The fraction of sp³-hybridized carbons (Fsp3) is 0.462. The fourth-order valence-electron chi connectivity index (χ4n) is 1.63. The van der Waals surface area contributed by atoms with Gasteiger partial charge in [-0.15, -0.1) is 0 Å². The molecule has 0 aliphatic carbocycles. The van der Waals surface area contributed by atoms with Crippen molar-refractivity contribution in [1.82, 2.24) is 5.32 Å². The van der Waals surface area contributed by atoms with E-state index >= 15 is 0 Å². The Labute approximate surface area is 118 Å². The van der Waals surface area contributed by atoms with Crippen molar-refractivity contribution in [3.63, 3.8) is 0 Å². The van der Waals surface area contributed by atoms with E-state index in [0.29, 0.717) is 16.5 Å². The SMILES string of the molecule is C[C@H](N)C(=O)NC(C)(C)Cc1ccc(Cl)cc1Cl. The van der Waals surface area contributed by atoms with Crippen molar-refractivity contribution in [2.45, 2.75) is 38.8 Å². The minimum Gasteiger partial charge on any atom is -0.350 e. The average Bonchev–Trinajstić information content (AvgIpc) is 2.21. The highest BCUT2D eigenvalue weighted by Crippen LogP contribution is 2.24. The van der Waals surface area contributed by atoms with E-state index in [0.717, 1.165) is 5.56 Å². The van der Waals surface area contributed by atoms with Gasteiger partial charge in [0.05, 0.1) is 6.04 Å². The van der Waals surface area contributed by atoms with Gasteiger partial charge in [0.25, 0.3) is 0 Å². The molecule has 0 heterocycles. The topological polar surface area (TPSA) is 55.1 Å². The number of carbonyl (C=O) groups is 1. The van der Waals surface area contributed by atoms with Crippen LogP contribution in [0.5, 0.6) is 0 Å². The molecular weight excluding hydrogens is 271 g/mol. The van der Waals surface area contributed by atoms with Crippen molar-refractivity contribution in [3.05, 3.63) is 33.8 Å². The molecule has 1 aromatic rings. The quantitative estimate of drug-likeness (QED) is 0.895. The van der Waals surface area contributed by atoms with Gasteiger partial charge >= 0.3 is 0 Å². The molecule has 1 rings (SSSR count). The summed E-state index contributed by atoms with van der Waals surface area (Å²) in [6, 6.07) is 4.82. The van der Waals surface area contributed by atoms with Gasteiger partial charge in [-0.05, 0) is 44.9 Å². The van der Waals surface area contributed by atoms with E-state index in [4.69, 9.17) is 28.9 Å². The Hall–Kier alpha value is -0.770. The van der Waals surface area contributed by atoms with Crippen molar-refractivity contribution in [2.75, 3.05) is 0 Å². The Balaban J connectivity index is 2.79. The Morgan fingerprint density at radius 3 is 2.56 bits per heavy atom. The van der Waals surface area contributed by atoms with Gasteiger partial charge in [0.15, 0.2) is 0 Å². The Kier molecular flexibility index (Phi) is 5.02. The number of halogens is 2. The molecule has 0 saturated carbocycles. The number of carbonyl (C=O) groups excluding carboxylic acids is 1. The smallest absolute Gasteiger partial charge is 0.237 e. The van der Waals surface area contributed by atoms with Gasteiger partial charge < -0.3 is 11.1 Å². The summed E-state index contributed by atoms with van der Waals surface area (Å²) >= 11 is 12.0. The van der Waals surface area contributed by atoms with Crippen molar-refractivity contribution >= 4 is 29.1 Å². The lowest BCUT2D eigenvalue weighted by Crippen LogP contribution is -2.50. The van der Waals surface area contributed by atoms with Gasteiger partial charge in [-0.25, -0.2) is 0 Å². The van der Waals surface area contributed by atoms with Crippen LogP contribution in [0, 0.1) is 0 Å². The van der Waals surface area contributed by atoms with E-state index in [1.54, 1.807) is 19.1 Å². The first-order chi connectivity index (χ1) is 8.21. The summed E-state index contributed by atoms with van der Waals surface area (Å²) in [5.74, 6) is -0.176. The van der Waals surface area contributed by atoms with Crippen LogP contribution in [0.3, 0.4) is 0 Å². The standard InChI is InChI=1S/C13H18Cl2N2O/c1-8(16)12(18)17-13(2,3)7-9-4-5-10(14)6-11(9)15/h4-6,8H,7,16H2,1-3H3,(H,17,18)/t8-/m0/s1. The number of amides is 1. The Morgan fingerprint density at radius 1 is 1.44 bits per heavy atom. The zero-order chi connectivity index (χ0) is 13.9. The molecule has 0 bridgehead atoms. The predicted octanol–water partition coefficient (Wildman–Crippen LogP) is 2.78. The third-order valence-corrected chi connectivity index (χ3v) is 3.11. The lowest BCUT2D eigenvalue weighted by molar-refractivity contribution is -0.123. The van der Waals surface area contributed by atoms with E-state index in [2.05, 4.69) is 5.32 Å². The summed E-state index contributed by atoms with van der Waals surface area (Å²) in [6.07, 6.45) is 0.613. The molecule has 1 atom stereocenters. The van der Waals surface area contributed by atoms with E-state index in [-0.39, 0.29) is 5.91 Å². The van der Waals surface area contributed by atoms with Crippen molar-refractivity contribution < 1.29 is 4.79 Å². The molecule has 3 nitrogen and oxygen atoms in total. The molecule has 100 valence electrons. The molecule has 0 unspecified atom stereocenters. The molecule has 0 aliphatic rings. The van der Waals surface area contributed by atoms with E-state index < -0.39 is 11.6 Å². The first kappa shape index (κ1) is 15.3. The Bertz CT molecular complexity index is 445. The van der Waals surface area contributed by atoms with Gasteiger partial charge in [-0.2, -0.15) is 0 Å². The van der Waals surface area contributed by atoms with Gasteiger partial charge in [0, 0.05) is 15.6 Å². The number of hydrogen-bond acceptors (Lipinski definition) is 2.